The predicted octanol–water partition coefficient (Wildman–Crippen LogP) is 7.62. The molecule has 1 saturated carbocycles. The maximum Gasteiger partial charge on any atom is 0.337 e. The molecule has 2 fully saturated rings. The van der Waals surface area contributed by atoms with Crippen LogP contribution in [0.15, 0.2) is 42.5 Å². The molecule has 1 atom stereocenters. The minimum atomic E-state index is -2.20. The summed E-state index contributed by atoms with van der Waals surface area (Å²) >= 11 is 7.70. The number of nitrogens with zero attached hydrogens (tertiary/aromatic N) is 5. The summed E-state index contributed by atoms with van der Waals surface area (Å²) in [4.78, 5) is 25.4. The van der Waals surface area contributed by atoms with Gasteiger partial charge in [0, 0.05) is 35.0 Å². The minimum Gasteiger partial charge on any atom is -0.479 e. The Morgan fingerprint density at radius 2 is 1.71 bits per heavy atom. The topological polar surface area (TPSA) is 134 Å². The molecule has 3 aromatic heterocycles. The summed E-state index contributed by atoms with van der Waals surface area (Å²) in [6, 6.07) is 13.6. The molecule has 1 saturated heterocycles. The van der Waals surface area contributed by atoms with Crippen molar-refractivity contribution in [2.24, 2.45) is 0 Å². The van der Waals surface area contributed by atoms with E-state index >= 15 is 0 Å². The van der Waals surface area contributed by atoms with Crippen LogP contribution in [0.2, 0.25) is 5.02 Å². The maximum atomic E-state index is 12.7. The summed E-state index contributed by atoms with van der Waals surface area (Å²) in [6.07, 6.45) is 4.48. The highest BCUT2D eigenvalue weighted by atomic mass is 35.5. The lowest BCUT2D eigenvalue weighted by Gasteiger charge is -2.41. The molecule has 4 heterocycles. The van der Waals surface area contributed by atoms with Gasteiger partial charge in [0.05, 0.1) is 32.7 Å². The Morgan fingerprint density at radius 1 is 1.02 bits per heavy atom. The SMILES string of the molecule is Cc1cc2nc(-c3ccc4c(n3)c(C3CCN(C5CCC5)CC3)nn4C(C)(O)O)sc2c(-c2ccc(Cl)cc2)c1[C@H](OC(C)(C)C)C(=O)O. The van der Waals surface area contributed by atoms with Gasteiger partial charge < -0.3 is 25.0 Å². The molecule has 1 aliphatic carbocycles. The average molecular weight is 704 g/mol. The summed E-state index contributed by atoms with van der Waals surface area (Å²) in [5.41, 5.74) is 5.41. The van der Waals surface area contributed by atoms with Gasteiger partial charge in [-0.15, -0.1) is 11.3 Å². The molecule has 0 radical (unpaired) electrons. The molecule has 2 aromatic carbocycles. The first-order valence-corrected chi connectivity index (χ1v) is 18.1. The number of aromatic nitrogens is 4. The van der Waals surface area contributed by atoms with Crippen LogP contribution in [-0.4, -0.2) is 70.7 Å². The van der Waals surface area contributed by atoms with E-state index in [-0.39, 0.29) is 5.92 Å². The molecule has 0 bridgehead atoms. The number of ether oxygens (including phenoxy) is 1. The predicted molar refractivity (Wildman–Crippen MR) is 192 cm³/mol. The Bertz CT molecular complexity index is 2030. The number of fused-ring (bicyclic) bond motifs is 2. The molecule has 7 rings (SSSR count). The molecule has 2 aliphatic rings. The van der Waals surface area contributed by atoms with Crippen molar-refractivity contribution < 1.29 is 24.9 Å². The van der Waals surface area contributed by atoms with Gasteiger partial charge in [-0.05, 0) is 108 Å². The van der Waals surface area contributed by atoms with Crippen LogP contribution >= 0.6 is 22.9 Å². The van der Waals surface area contributed by atoms with E-state index in [4.69, 9.17) is 31.4 Å². The fraction of sp³-hybridized carbons (Fsp3) is 0.459. The van der Waals surface area contributed by atoms with Crippen molar-refractivity contribution in [3.05, 3.63) is 64.3 Å². The van der Waals surface area contributed by atoms with Crippen molar-refractivity contribution in [2.75, 3.05) is 13.1 Å². The number of halogens is 1. The molecule has 0 amide bonds. The third kappa shape index (κ3) is 6.60. The zero-order valence-corrected chi connectivity index (χ0v) is 30.0. The van der Waals surface area contributed by atoms with Crippen molar-refractivity contribution >= 4 is 50.2 Å². The van der Waals surface area contributed by atoms with Crippen LogP contribution in [0.4, 0.5) is 0 Å². The number of carboxylic acid groups (broad SMARTS) is 1. The van der Waals surface area contributed by atoms with E-state index in [2.05, 4.69) is 4.90 Å². The Kier molecular flexibility index (Phi) is 8.82. The van der Waals surface area contributed by atoms with Crippen LogP contribution in [0.3, 0.4) is 0 Å². The number of aliphatic hydroxyl groups is 2. The first kappa shape index (κ1) is 34.0. The zero-order valence-electron chi connectivity index (χ0n) is 28.4. The van der Waals surface area contributed by atoms with Crippen molar-refractivity contribution in [3.63, 3.8) is 0 Å². The highest BCUT2D eigenvalue weighted by Crippen LogP contribution is 2.45. The molecule has 12 heteroatoms. The Balaban J connectivity index is 1.36. The van der Waals surface area contributed by atoms with Gasteiger partial charge in [0.15, 0.2) is 6.10 Å². The lowest BCUT2D eigenvalue weighted by atomic mass is 9.86. The fourth-order valence-corrected chi connectivity index (χ4v) is 8.40. The number of rotatable bonds is 8. The largest absolute Gasteiger partial charge is 0.479 e. The van der Waals surface area contributed by atoms with Gasteiger partial charge in [-0.1, -0.05) is 30.2 Å². The minimum absolute atomic E-state index is 0.137. The number of carboxylic acids is 1. The van der Waals surface area contributed by atoms with Gasteiger partial charge in [0.2, 0.25) is 0 Å². The summed E-state index contributed by atoms with van der Waals surface area (Å²) in [5.74, 6) is -3.13. The first-order chi connectivity index (χ1) is 23.2. The monoisotopic (exact) mass is 703 g/mol. The van der Waals surface area contributed by atoms with E-state index in [1.54, 1.807) is 12.1 Å². The van der Waals surface area contributed by atoms with Gasteiger partial charge in [-0.3, -0.25) is 0 Å². The van der Waals surface area contributed by atoms with Crippen molar-refractivity contribution in [1.29, 1.82) is 0 Å². The second-order valence-corrected chi connectivity index (χ2v) is 16.0. The van der Waals surface area contributed by atoms with Crippen LogP contribution in [0.5, 0.6) is 0 Å². The van der Waals surface area contributed by atoms with E-state index in [0.717, 1.165) is 53.0 Å². The van der Waals surface area contributed by atoms with Gasteiger partial charge in [0.1, 0.15) is 10.5 Å². The van der Waals surface area contributed by atoms with Gasteiger partial charge in [0.25, 0.3) is 5.91 Å². The second kappa shape index (κ2) is 12.7. The van der Waals surface area contributed by atoms with Gasteiger partial charge in [-0.25, -0.2) is 19.4 Å². The van der Waals surface area contributed by atoms with Crippen molar-refractivity contribution in [1.82, 2.24) is 24.6 Å². The lowest BCUT2D eigenvalue weighted by Crippen LogP contribution is -2.44. The first-order valence-electron chi connectivity index (χ1n) is 16.9. The Labute approximate surface area is 294 Å². The molecule has 49 heavy (non-hydrogen) atoms. The summed E-state index contributed by atoms with van der Waals surface area (Å²) in [7, 11) is 0. The lowest BCUT2D eigenvalue weighted by molar-refractivity contribution is -0.217. The normalized spacial score (nSPS) is 17.6. The summed E-state index contributed by atoms with van der Waals surface area (Å²) in [5, 5.41) is 37.7. The van der Waals surface area contributed by atoms with Crippen LogP contribution in [0.1, 0.15) is 88.6 Å². The summed E-state index contributed by atoms with van der Waals surface area (Å²) in [6.45, 7) is 10.7. The third-order valence-corrected chi connectivity index (χ3v) is 11.1. The quantitative estimate of drug-likeness (QED) is 0.140. The Hall–Kier alpha value is -3.45. The molecule has 258 valence electrons. The van der Waals surface area contributed by atoms with Crippen molar-refractivity contribution in [2.45, 2.75) is 96.3 Å². The Morgan fingerprint density at radius 3 is 2.31 bits per heavy atom. The average Bonchev–Trinajstić information content (AvgIpc) is 3.60. The number of piperidine rings is 1. The number of aliphatic carboxylic acids is 1. The number of pyridine rings is 1. The summed E-state index contributed by atoms with van der Waals surface area (Å²) < 4.78 is 8.22. The fourth-order valence-electron chi connectivity index (χ4n) is 7.18. The number of likely N-dealkylation sites (tertiary alicyclic amines) is 1. The standard InChI is InChI=1S/C37H42ClN5O5S/c1-20-19-26-33(29(21-9-11-23(38)12-10-21)28(20)32(35(44)45)48-36(2,3)4)49-34(40-26)25-13-14-27-31(39-25)30(41-43(27)37(5,46)47)22-15-17-42(18-16-22)24-7-6-8-24/h9-14,19,22,24,32,46-47H,6-8,15-18H2,1-5H3,(H,44,45)/t32-/m0/s1. The van der Waals surface area contributed by atoms with E-state index in [9.17, 15) is 20.1 Å². The number of hydrogen-bond donors (Lipinski definition) is 3. The molecule has 0 unspecified atom stereocenters. The molecular formula is C37H42ClN5O5S. The molecular weight excluding hydrogens is 662 g/mol. The van der Waals surface area contributed by atoms with Crippen LogP contribution in [-0.2, 0) is 15.4 Å². The molecule has 5 aromatic rings. The zero-order chi connectivity index (χ0) is 34.8. The number of carbonyl (C=O) groups is 1. The maximum absolute atomic E-state index is 12.7. The third-order valence-electron chi connectivity index (χ3n) is 9.70. The van der Waals surface area contributed by atoms with E-state index in [1.807, 2.05) is 58.0 Å². The van der Waals surface area contributed by atoms with E-state index in [0.29, 0.717) is 43.9 Å². The number of hydrogen-bond acceptors (Lipinski definition) is 9. The highest BCUT2D eigenvalue weighted by Gasteiger charge is 2.35. The molecule has 10 nitrogen and oxygen atoms in total. The molecule has 0 spiro atoms. The van der Waals surface area contributed by atoms with Crippen LogP contribution < -0.4 is 0 Å². The molecule has 3 N–H and O–H groups in total. The van der Waals surface area contributed by atoms with Gasteiger partial charge >= 0.3 is 5.97 Å². The van der Waals surface area contributed by atoms with Crippen molar-refractivity contribution in [3.8, 4) is 21.8 Å². The van der Waals surface area contributed by atoms with Crippen LogP contribution in [0, 0.1) is 6.92 Å². The van der Waals surface area contributed by atoms with E-state index < -0.39 is 23.6 Å². The number of aryl methyl sites for hydroxylation is 1. The smallest absolute Gasteiger partial charge is 0.337 e. The second-order valence-electron chi connectivity index (χ2n) is 14.5. The number of thiazole rings is 1. The highest BCUT2D eigenvalue weighted by molar-refractivity contribution is 7.22. The van der Waals surface area contributed by atoms with Gasteiger partial charge in [-0.2, -0.15) is 5.10 Å². The van der Waals surface area contributed by atoms with E-state index in [1.165, 1.54) is 42.2 Å². The van der Waals surface area contributed by atoms with Crippen LogP contribution in [0.25, 0.3) is 43.1 Å². The number of benzene rings is 2. The molecule has 1 aliphatic heterocycles.